The number of nitrogens with zero attached hydrogens (tertiary/aromatic N) is 1. The number of nitrogens with two attached hydrogens (primary N) is 1. The summed E-state index contributed by atoms with van der Waals surface area (Å²) < 4.78 is 15.6. The molecule has 1 unspecified atom stereocenters. The van der Waals surface area contributed by atoms with Crippen molar-refractivity contribution in [3.8, 4) is 5.75 Å². The molecule has 2 aliphatic rings. The van der Waals surface area contributed by atoms with E-state index in [1.807, 2.05) is 30.3 Å². The number of hydrogen-bond donors (Lipinski definition) is 6. The molecule has 14 nitrogen and oxygen atoms in total. The number of carbonyl (C=O) groups excluding carboxylic acids is 5. The van der Waals surface area contributed by atoms with E-state index in [1.54, 1.807) is 17.0 Å². The lowest BCUT2D eigenvalue weighted by Gasteiger charge is -2.35. The number of amides is 5. The van der Waals surface area contributed by atoms with Crippen LogP contribution in [0.5, 0.6) is 5.75 Å². The lowest BCUT2D eigenvalue weighted by atomic mass is 9.98. The Bertz CT molecular complexity index is 1470. The molecule has 0 aliphatic carbocycles. The average Bonchev–Trinajstić information content (AvgIpc) is 3.45. The van der Waals surface area contributed by atoms with E-state index < -0.39 is 43.7 Å². The van der Waals surface area contributed by atoms with Gasteiger partial charge in [-0.05, 0) is 61.8 Å². The molecule has 15 heteroatoms. The average molecular weight is 672 g/mol. The molecule has 2 aromatic carbocycles. The summed E-state index contributed by atoms with van der Waals surface area (Å²) in [6.45, 7) is 0.233. The number of carbonyl (C=O) groups is 5. The molecule has 4 atom stereocenters. The van der Waals surface area contributed by atoms with Crippen LogP contribution in [0, 0.1) is 0 Å². The first-order chi connectivity index (χ1) is 22.4. The molecule has 0 bridgehead atoms. The van der Waals surface area contributed by atoms with Gasteiger partial charge in [-0.15, -0.1) is 0 Å². The maximum Gasteiger partial charge on any atom is 0.524 e. The number of hydrogen-bond acceptors (Lipinski definition) is 7. The molecule has 254 valence electrons. The number of benzene rings is 2. The fraction of sp³-hybridized carbons (Fsp3) is 0.469. The van der Waals surface area contributed by atoms with Crippen molar-refractivity contribution in [2.75, 3.05) is 0 Å². The Labute approximate surface area is 273 Å². The van der Waals surface area contributed by atoms with E-state index in [4.69, 9.17) is 15.5 Å². The molecule has 2 aromatic rings. The van der Waals surface area contributed by atoms with Gasteiger partial charge in [0.2, 0.25) is 29.5 Å². The summed E-state index contributed by atoms with van der Waals surface area (Å²) in [6, 6.07) is 12.4. The summed E-state index contributed by atoms with van der Waals surface area (Å²) in [7, 11) is -4.68. The summed E-state index contributed by atoms with van der Waals surface area (Å²) in [6.07, 6.45) is 3.98. The second-order valence-electron chi connectivity index (χ2n) is 11.9. The highest BCUT2D eigenvalue weighted by Gasteiger charge is 2.44. The zero-order valence-electron chi connectivity index (χ0n) is 26.0. The Morgan fingerprint density at radius 3 is 2.32 bits per heavy atom. The van der Waals surface area contributed by atoms with E-state index in [2.05, 4.69) is 20.5 Å². The molecule has 0 radical (unpaired) electrons. The number of rotatable bonds is 14. The highest BCUT2D eigenvalue weighted by atomic mass is 31.2. The molecule has 2 heterocycles. The van der Waals surface area contributed by atoms with Gasteiger partial charge in [0, 0.05) is 25.4 Å². The summed E-state index contributed by atoms with van der Waals surface area (Å²) in [5.41, 5.74) is 6.93. The van der Waals surface area contributed by atoms with Gasteiger partial charge in [0.15, 0.2) is 0 Å². The first kappa shape index (κ1) is 35.6. The van der Waals surface area contributed by atoms with Crippen molar-refractivity contribution >= 4 is 37.4 Å². The third-order valence-corrected chi connectivity index (χ3v) is 8.83. The van der Waals surface area contributed by atoms with Crippen molar-refractivity contribution in [3.05, 3.63) is 65.7 Å². The van der Waals surface area contributed by atoms with Crippen LogP contribution in [-0.4, -0.2) is 68.4 Å². The van der Waals surface area contributed by atoms with Crippen LogP contribution in [0.1, 0.15) is 68.9 Å². The predicted molar refractivity (Wildman–Crippen MR) is 170 cm³/mol. The SMILES string of the molecule is NC(=O)CC[C@H](NC(=O)[C@@H]1CCC2CCCC[C@H](NC(=O)CCc3ccc(OP(=O)(O)O)cc3)C(=O)N21)C(=O)NCc1ccccc1. The van der Waals surface area contributed by atoms with E-state index in [-0.39, 0.29) is 49.4 Å². The van der Waals surface area contributed by atoms with Gasteiger partial charge in [-0.25, -0.2) is 4.57 Å². The van der Waals surface area contributed by atoms with Gasteiger partial charge in [0.1, 0.15) is 23.9 Å². The van der Waals surface area contributed by atoms with Gasteiger partial charge in [-0.3, -0.25) is 33.8 Å². The molecule has 2 aliphatic heterocycles. The molecule has 47 heavy (non-hydrogen) atoms. The highest BCUT2D eigenvalue weighted by Crippen LogP contribution is 2.37. The predicted octanol–water partition coefficient (Wildman–Crippen LogP) is 1.58. The van der Waals surface area contributed by atoms with Crippen LogP contribution in [0.15, 0.2) is 54.6 Å². The van der Waals surface area contributed by atoms with Gasteiger partial charge in [0.25, 0.3) is 0 Å². The van der Waals surface area contributed by atoms with E-state index in [0.29, 0.717) is 25.7 Å². The number of primary amides is 1. The standard InChI is InChI=1S/C32H42N5O9P/c33-28(38)18-16-25(30(40)34-20-22-6-2-1-3-7-22)36-31(41)27-17-13-23-8-4-5-9-26(32(42)37(23)27)35-29(39)19-12-21-10-14-24(15-11-21)46-47(43,44)45/h1-3,6-7,10-11,14-15,23,25-27H,4-5,8-9,12-13,16-20H2,(H2,33,38)(H,34,40)(H,35,39)(H,36,41)(H2,43,44,45)/t23?,25-,26-,27-/m0/s1. The summed E-state index contributed by atoms with van der Waals surface area (Å²) in [5, 5.41) is 8.39. The monoisotopic (exact) mass is 671 g/mol. The van der Waals surface area contributed by atoms with E-state index >= 15 is 0 Å². The Morgan fingerprint density at radius 2 is 1.64 bits per heavy atom. The third kappa shape index (κ3) is 10.9. The van der Waals surface area contributed by atoms with Crippen LogP contribution in [-0.2, 0) is 41.5 Å². The van der Waals surface area contributed by atoms with Crippen LogP contribution in [0.4, 0.5) is 0 Å². The topological polar surface area (TPSA) is 217 Å². The van der Waals surface area contributed by atoms with Crippen LogP contribution in [0.25, 0.3) is 0 Å². The molecule has 7 N–H and O–H groups in total. The number of aryl methyl sites for hydroxylation is 1. The molecular formula is C32H42N5O9P. The van der Waals surface area contributed by atoms with Crippen molar-refractivity contribution in [2.24, 2.45) is 5.73 Å². The van der Waals surface area contributed by atoms with Gasteiger partial charge in [0.05, 0.1) is 0 Å². The normalized spacial score (nSPS) is 20.3. The van der Waals surface area contributed by atoms with Crippen LogP contribution in [0.3, 0.4) is 0 Å². The molecule has 4 rings (SSSR count). The molecular weight excluding hydrogens is 629 g/mol. The second-order valence-corrected chi connectivity index (χ2v) is 13.1. The molecule has 2 saturated heterocycles. The van der Waals surface area contributed by atoms with Crippen molar-refractivity contribution in [1.82, 2.24) is 20.9 Å². The fourth-order valence-corrected chi connectivity index (χ4v) is 6.43. The Hall–Kier alpha value is -4.26. The molecule has 2 fully saturated rings. The molecule has 0 saturated carbocycles. The summed E-state index contributed by atoms with van der Waals surface area (Å²) >= 11 is 0. The van der Waals surface area contributed by atoms with Gasteiger partial charge in [-0.1, -0.05) is 55.3 Å². The highest BCUT2D eigenvalue weighted by molar-refractivity contribution is 7.46. The minimum absolute atomic E-state index is 0.00239. The van der Waals surface area contributed by atoms with E-state index in [1.165, 1.54) is 12.1 Å². The number of fused-ring (bicyclic) bond motifs is 1. The van der Waals surface area contributed by atoms with Crippen LogP contribution < -0.4 is 26.2 Å². The Balaban J connectivity index is 1.37. The number of phosphoric acid groups is 1. The zero-order chi connectivity index (χ0) is 34.0. The van der Waals surface area contributed by atoms with Crippen LogP contribution >= 0.6 is 7.82 Å². The molecule has 0 spiro atoms. The minimum atomic E-state index is -4.68. The first-order valence-electron chi connectivity index (χ1n) is 15.8. The molecule has 5 amide bonds. The largest absolute Gasteiger partial charge is 0.524 e. The van der Waals surface area contributed by atoms with Crippen molar-refractivity contribution in [2.45, 2.75) is 94.9 Å². The quantitative estimate of drug-likeness (QED) is 0.160. The minimum Gasteiger partial charge on any atom is -0.404 e. The summed E-state index contributed by atoms with van der Waals surface area (Å²) in [4.78, 5) is 84.5. The van der Waals surface area contributed by atoms with E-state index in [0.717, 1.165) is 30.4 Å². The summed E-state index contributed by atoms with van der Waals surface area (Å²) in [5.74, 6) is -2.27. The van der Waals surface area contributed by atoms with Crippen molar-refractivity contribution < 1.29 is 42.8 Å². The number of phosphoric ester groups is 1. The maximum absolute atomic E-state index is 13.9. The smallest absolute Gasteiger partial charge is 0.404 e. The van der Waals surface area contributed by atoms with Gasteiger partial charge < -0.3 is 31.1 Å². The fourth-order valence-electron chi connectivity index (χ4n) is 6.03. The number of nitrogens with one attached hydrogen (secondary N) is 3. The van der Waals surface area contributed by atoms with Crippen molar-refractivity contribution in [3.63, 3.8) is 0 Å². The Kier molecular flexibility index (Phi) is 12.5. The van der Waals surface area contributed by atoms with Gasteiger partial charge >= 0.3 is 7.82 Å². The van der Waals surface area contributed by atoms with Crippen molar-refractivity contribution in [1.29, 1.82) is 0 Å². The second kappa shape index (κ2) is 16.5. The van der Waals surface area contributed by atoms with Gasteiger partial charge in [-0.2, -0.15) is 0 Å². The lowest BCUT2D eigenvalue weighted by molar-refractivity contribution is -0.144. The van der Waals surface area contributed by atoms with Crippen LogP contribution in [0.2, 0.25) is 0 Å². The van der Waals surface area contributed by atoms with E-state index in [9.17, 15) is 28.5 Å². The molecule has 0 aromatic heterocycles. The third-order valence-electron chi connectivity index (χ3n) is 8.38. The zero-order valence-corrected chi connectivity index (χ0v) is 26.9. The lowest BCUT2D eigenvalue weighted by Crippen LogP contribution is -2.58. The first-order valence-corrected chi connectivity index (χ1v) is 17.3. The Morgan fingerprint density at radius 1 is 0.936 bits per heavy atom. The maximum atomic E-state index is 13.9.